The Balaban J connectivity index is 3.04. The molecule has 0 aromatic heterocycles. The standard InChI is InChI=1S/C10H14ClN/c1-7-3-4-8(2)9(5-7)10(12)6-11/h3-5,10H,6,12H2,1-2H3. The predicted molar refractivity (Wildman–Crippen MR) is 53.6 cm³/mol. The van der Waals surface area contributed by atoms with E-state index in [9.17, 15) is 0 Å². The Hall–Kier alpha value is -0.530. The third-order valence-corrected chi connectivity index (χ3v) is 2.33. The van der Waals surface area contributed by atoms with Crippen LogP contribution >= 0.6 is 11.6 Å². The van der Waals surface area contributed by atoms with E-state index in [1.807, 2.05) is 0 Å². The van der Waals surface area contributed by atoms with Gasteiger partial charge in [-0.25, -0.2) is 0 Å². The fraction of sp³-hybridized carbons (Fsp3) is 0.400. The topological polar surface area (TPSA) is 26.0 Å². The highest BCUT2D eigenvalue weighted by atomic mass is 35.5. The molecule has 0 bridgehead atoms. The molecule has 2 heteroatoms. The summed E-state index contributed by atoms with van der Waals surface area (Å²) < 4.78 is 0. The van der Waals surface area contributed by atoms with Crippen LogP contribution in [0.5, 0.6) is 0 Å². The maximum absolute atomic E-state index is 5.83. The van der Waals surface area contributed by atoms with Gasteiger partial charge < -0.3 is 5.73 Å². The number of hydrogen-bond acceptors (Lipinski definition) is 1. The SMILES string of the molecule is Cc1ccc(C)c(C(N)CCl)c1. The summed E-state index contributed by atoms with van der Waals surface area (Å²) in [7, 11) is 0. The maximum atomic E-state index is 5.83. The summed E-state index contributed by atoms with van der Waals surface area (Å²) in [6.07, 6.45) is 0. The van der Waals surface area contributed by atoms with Crippen LogP contribution in [-0.4, -0.2) is 5.88 Å². The molecule has 0 aliphatic heterocycles. The number of nitrogens with two attached hydrogens (primary N) is 1. The molecule has 0 aliphatic rings. The van der Waals surface area contributed by atoms with Crippen LogP contribution in [0.1, 0.15) is 22.7 Å². The van der Waals surface area contributed by atoms with Gasteiger partial charge in [0.15, 0.2) is 0 Å². The van der Waals surface area contributed by atoms with Gasteiger partial charge in [-0.2, -0.15) is 0 Å². The third-order valence-electron chi connectivity index (χ3n) is 2.00. The van der Waals surface area contributed by atoms with Crippen molar-refractivity contribution in [2.45, 2.75) is 19.9 Å². The number of halogens is 1. The van der Waals surface area contributed by atoms with Crippen LogP contribution in [0.25, 0.3) is 0 Å². The molecule has 1 aromatic rings. The average Bonchev–Trinajstić information content (AvgIpc) is 2.08. The first kappa shape index (κ1) is 9.56. The molecule has 1 unspecified atom stereocenters. The van der Waals surface area contributed by atoms with Crippen LogP contribution in [0, 0.1) is 13.8 Å². The smallest absolute Gasteiger partial charge is 0.0435 e. The molecule has 0 spiro atoms. The first-order valence-corrected chi connectivity index (χ1v) is 4.57. The summed E-state index contributed by atoms with van der Waals surface area (Å²) in [6, 6.07) is 6.23. The molecule has 1 nitrogen and oxygen atoms in total. The zero-order chi connectivity index (χ0) is 9.14. The Labute approximate surface area is 78.5 Å². The predicted octanol–water partition coefficient (Wildman–Crippen LogP) is 2.54. The summed E-state index contributed by atoms with van der Waals surface area (Å²) in [5, 5.41) is 0. The van der Waals surface area contributed by atoms with E-state index < -0.39 is 0 Å². The molecule has 0 radical (unpaired) electrons. The van der Waals surface area contributed by atoms with Crippen LogP contribution < -0.4 is 5.73 Å². The second-order valence-electron chi connectivity index (χ2n) is 3.12. The van der Waals surface area contributed by atoms with Crippen LogP contribution in [-0.2, 0) is 0 Å². The lowest BCUT2D eigenvalue weighted by Gasteiger charge is -2.12. The lowest BCUT2D eigenvalue weighted by molar-refractivity contribution is 0.816. The Morgan fingerprint density at radius 3 is 2.67 bits per heavy atom. The quantitative estimate of drug-likeness (QED) is 0.701. The highest BCUT2D eigenvalue weighted by Gasteiger charge is 2.06. The van der Waals surface area contributed by atoms with Gasteiger partial charge in [-0.15, -0.1) is 11.6 Å². The van der Waals surface area contributed by atoms with Crippen LogP contribution in [0.2, 0.25) is 0 Å². The van der Waals surface area contributed by atoms with Crippen molar-refractivity contribution in [2.24, 2.45) is 5.73 Å². The summed E-state index contributed by atoms with van der Waals surface area (Å²) in [4.78, 5) is 0. The van der Waals surface area contributed by atoms with Crippen molar-refractivity contribution in [3.63, 3.8) is 0 Å². The molecule has 0 amide bonds. The molecule has 0 saturated carbocycles. The number of aryl methyl sites for hydroxylation is 2. The minimum Gasteiger partial charge on any atom is -0.323 e. The van der Waals surface area contributed by atoms with E-state index in [4.69, 9.17) is 17.3 Å². The van der Waals surface area contributed by atoms with Gasteiger partial charge in [0.1, 0.15) is 0 Å². The van der Waals surface area contributed by atoms with Gasteiger partial charge in [0.05, 0.1) is 0 Å². The van der Waals surface area contributed by atoms with Crippen LogP contribution in [0.4, 0.5) is 0 Å². The number of alkyl halides is 1. The van der Waals surface area contributed by atoms with Crippen molar-refractivity contribution in [3.8, 4) is 0 Å². The molecule has 2 N–H and O–H groups in total. The minimum atomic E-state index is -0.0356. The molecule has 1 rings (SSSR count). The molecule has 0 heterocycles. The Kier molecular flexibility index (Phi) is 3.12. The molecular formula is C10H14ClN. The lowest BCUT2D eigenvalue weighted by atomic mass is 10.0. The molecule has 12 heavy (non-hydrogen) atoms. The van der Waals surface area contributed by atoms with Crippen LogP contribution in [0.3, 0.4) is 0 Å². The van der Waals surface area contributed by atoms with Crippen molar-refractivity contribution in [3.05, 3.63) is 34.9 Å². The van der Waals surface area contributed by atoms with Crippen molar-refractivity contribution in [2.75, 3.05) is 5.88 Å². The second-order valence-corrected chi connectivity index (χ2v) is 3.43. The van der Waals surface area contributed by atoms with Gasteiger partial charge in [-0.3, -0.25) is 0 Å². The average molecular weight is 184 g/mol. The van der Waals surface area contributed by atoms with E-state index in [-0.39, 0.29) is 6.04 Å². The Morgan fingerprint density at radius 1 is 1.42 bits per heavy atom. The van der Waals surface area contributed by atoms with Crippen molar-refractivity contribution in [1.82, 2.24) is 0 Å². The largest absolute Gasteiger partial charge is 0.323 e. The second kappa shape index (κ2) is 3.92. The highest BCUT2D eigenvalue weighted by molar-refractivity contribution is 6.18. The van der Waals surface area contributed by atoms with Gasteiger partial charge in [0.25, 0.3) is 0 Å². The first-order valence-electron chi connectivity index (χ1n) is 4.04. The van der Waals surface area contributed by atoms with Gasteiger partial charge >= 0.3 is 0 Å². The molecular weight excluding hydrogens is 170 g/mol. The molecule has 66 valence electrons. The Morgan fingerprint density at radius 2 is 2.08 bits per heavy atom. The molecule has 0 fully saturated rings. The van der Waals surface area contributed by atoms with E-state index in [2.05, 4.69) is 32.0 Å². The number of hydrogen-bond donors (Lipinski definition) is 1. The minimum absolute atomic E-state index is 0.0356. The van der Waals surface area contributed by atoms with E-state index in [0.29, 0.717) is 5.88 Å². The van der Waals surface area contributed by atoms with Gasteiger partial charge in [-0.1, -0.05) is 23.8 Å². The Bertz CT molecular complexity index is 271. The van der Waals surface area contributed by atoms with Crippen molar-refractivity contribution < 1.29 is 0 Å². The van der Waals surface area contributed by atoms with E-state index in [0.717, 1.165) is 5.56 Å². The fourth-order valence-corrected chi connectivity index (χ4v) is 1.41. The number of benzene rings is 1. The van der Waals surface area contributed by atoms with Crippen molar-refractivity contribution in [1.29, 1.82) is 0 Å². The van der Waals surface area contributed by atoms with Crippen molar-refractivity contribution >= 4 is 11.6 Å². The lowest BCUT2D eigenvalue weighted by Crippen LogP contribution is -2.13. The molecule has 0 aliphatic carbocycles. The van der Waals surface area contributed by atoms with Gasteiger partial charge in [-0.05, 0) is 25.0 Å². The maximum Gasteiger partial charge on any atom is 0.0435 e. The monoisotopic (exact) mass is 183 g/mol. The van der Waals surface area contributed by atoms with Gasteiger partial charge in [0, 0.05) is 11.9 Å². The summed E-state index contributed by atoms with van der Waals surface area (Å²) in [5.74, 6) is 0.476. The number of rotatable bonds is 2. The van der Waals surface area contributed by atoms with E-state index in [1.165, 1.54) is 11.1 Å². The molecule has 0 saturated heterocycles. The van der Waals surface area contributed by atoms with E-state index in [1.54, 1.807) is 0 Å². The van der Waals surface area contributed by atoms with E-state index >= 15 is 0 Å². The normalized spacial score (nSPS) is 13.0. The summed E-state index contributed by atoms with van der Waals surface area (Å²) >= 11 is 5.69. The zero-order valence-corrected chi connectivity index (χ0v) is 8.23. The first-order chi connectivity index (χ1) is 5.65. The van der Waals surface area contributed by atoms with Gasteiger partial charge in [0.2, 0.25) is 0 Å². The third kappa shape index (κ3) is 1.99. The highest BCUT2D eigenvalue weighted by Crippen LogP contribution is 2.17. The fourth-order valence-electron chi connectivity index (χ4n) is 1.24. The summed E-state index contributed by atoms with van der Waals surface area (Å²) in [5.41, 5.74) is 9.44. The van der Waals surface area contributed by atoms with Crippen LogP contribution in [0.15, 0.2) is 18.2 Å². The summed E-state index contributed by atoms with van der Waals surface area (Å²) in [6.45, 7) is 4.12. The molecule has 1 atom stereocenters. The molecule has 1 aromatic carbocycles. The zero-order valence-electron chi connectivity index (χ0n) is 7.47.